The van der Waals surface area contributed by atoms with Crippen molar-refractivity contribution < 1.29 is 4.74 Å². The SMILES string of the molecule is CC(C)Oc1cccnc1NCC1CCCC1CCl. The van der Waals surface area contributed by atoms with Crippen LogP contribution < -0.4 is 10.1 Å². The first-order valence-electron chi connectivity index (χ1n) is 7.12. The van der Waals surface area contributed by atoms with Gasteiger partial charge in [0.15, 0.2) is 11.6 Å². The first-order chi connectivity index (χ1) is 9.20. The molecule has 2 unspecified atom stereocenters. The summed E-state index contributed by atoms with van der Waals surface area (Å²) in [6.07, 6.45) is 5.77. The summed E-state index contributed by atoms with van der Waals surface area (Å²) in [7, 11) is 0. The van der Waals surface area contributed by atoms with Crippen LogP contribution in [0.5, 0.6) is 5.75 Å². The Balaban J connectivity index is 1.95. The van der Waals surface area contributed by atoms with Crippen molar-refractivity contribution in [2.75, 3.05) is 17.7 Å². The minimum absolute atomic E-state index is 0.159. The summed E-state index contributed by atoms with van der Waals surface area (Å²) >= 11 is 6.02. The molecule has 0 radical (unpaired) electrons. The number of aromatic nitrogens is 1. The van der Waals surface area contributed by atoms with Crippen LogP contribution in [0.1, 0.15) is 33.1 Å². The van der Waals surface area contributed by atoms with E-state index < -0.39 is 0 Å². The number of ether oxygens (including phenoxy) is 1. The second kappa shape index (κ2) is 6.99. The molecular formula is C15H23ClN2O. The van der Waals surface area contributed by atoms with Gasteiger partial charge in [-0.15, -0.1) is 11.6 Å². The maximum Gasteiger partial charge on any atom is 0.168 e. The fourth-order valence-electron chi connectivity index (χ4n) is 2.69. The monoisotopic (exact) mass is 282 g/mol. The molecule has 1 aliphatic carbocycles. The minimum atomic E-state index is 0.159. The zero-order valence-corrected chi connectivity index (χ0v) is 12.5. The lowest BCUT2D eigenvalue weighted by Crippen LogP contribution is -2.20. The second-order valence-electron chi connectivity index (χ2n) is 5.50. The Kier molecular flexibility index (Phi) is 5.32. The van der Waals surface area contributed by atoms with Crippen molar-refractivity contribution >= 4 is 17.4 Å². The van der Waals surface area contributed by atoms with Gasteiger partial charge >= 0.3 is 0 Å². The van der Waals surface area contributed by atoms with Crippen molar-refractivity contribution in [3.05, 3.63) is 18.3 Å². The summed E-state index contributed by atoms with van der Waals surface area (Å²) in [6.45, 7) is 4.98. The van der Waals surface area contributed by atoms with Crippen LogP contribution in [0.2, 0.25) is 0 Å². The third-order valence-corrected chi connectivity index (χ3v) is 4.08. The average Bonchev–Trinajstić information content (AvgIpc) is 2.84. The Labute approximate surface area is 120 Å². The average molecular weight is 283 g/mol. The van der Waals surface area contributed by atoms with Crippen LogP contribution in [0.3, 0.4) is 0 Å². The van der Waals surface area contributed by atoms with E-state index in [4.69, 9.17) is 16.3 Å². The molecule has 0 saturated heterocycles. The van der Waals surface area contributed by atoms with E-state index in [1.165, 1.54) is 19.3 Å². The standard InChI is InChI=1S/C15H23ClN2O/c1-11(2)19-14-7-4-8-17-15(14)18-10-13-6-3-5-12(13)9-16/h4,7-8,11-13H,3,5-6,9-10H2,1-2H3,(H,17,18). The van der Waals surface area contributed by atoms with E-state index in [-0.39, 0.29) is 6.10 Å². The number of nitrogens with one attached hydrogen (secondary N) is 1. The van der Waals surface area contributed by atoms with Crippen molar-refractivity contribution in [1.29, 1.82) is 0 Å². The van der Waals surface area contributed by atoms with Crippen LogP contribution in [-0.4, -0.2) is 23.5 Å². The van der Waals surface area contributed by atoms with E-state index in [1.807, 2.05) is 26.0 Å². The van der Waals surface area contributed by atoms with Gasteiger partial charge in [0.2, 0.25) is 0 Å². The molecule has 1 aromatic heterocycles. The first kappa shape index (κ1) is 14.4. The highest BCUT2D eigenvalue weighted by Crippen LogP contribution is 2.33. The maximum absolute atomic E-state index is 6.02. The van der Waals surface area contributed by atoms with Crippen molar-refractivity contribution in [2.24, 2.45) is 11.8 Å². The Morgan fingerprint density at radius 3 is 2.95 bits per heavy atom. The van der Waals surface area contributed by atoms with E-state index in [1.54, 1.807) is 6.20 Å². The molecule has 1 fully saturated rings. The molecule has 106 valence electrons. The Morgan fingerprint density at radius 2 is 2.21 bits per heavy atom. The normalized spacial score (nSPS) is 22.7. The molecule has 1 aliphatic rings. The molecule has 0 amide bonds. The zero-order chi connectivity index (χ0) is 13.7. The third kappa shape index (κ3) is 4.00. The van der Waals surface area contributed by atoms with Gasteiger partial charge in [-0.25, -0.2) is 4.98 Å². The van der Waals surface area contributed by atoms with Gasteiger partial charge in [-0.3, -0.25) is 0 Å². The van der Waals surface area contributed by atoms with E-state index in [9.17, 15) is 0 Å². The number of rotatable bonds is 6. The molecule has 1 heterocycles. The number of pyridine rings is 1. The summed E-state index contributed by atoms with van der Waals surface area (Å²) in [5, 5.41) is 3.43. The van der Waals surface area contributed by atoms with Gasteiger partial charge < -0.3 is 10.1 Å². The number of halogens is 1. The smallest absolute Gasteiger partial charge is 0.168 e. The maximum atomic E-state index is 6.02. The predicted molar refractivity (Wildman–Crippen MR) is 80.0 cm³/mol. The van der Waals surface area contributed by atoms with E-state index >= 15 is 0 Å². The van der Waals surface area contributed by atoms with Crippen LogP contribution in [0.4, 0.5) is 5.82 Å². The van der Waals surface area contributed by atoms with Crippen molar-refractivity contribution in [1.82, 2.24) is 4.98 Å². The molecule has 2 atom stereocenters. The predicted octanol–water partition coefficient (Wildman–Crippen LogP) is 3.94. The lowest BCUT2D eigenvalue weighted by molar-refractivity contribution is 0.242. The molecule has 2 rings (SSSR count). The third-order valence-electron chi connectivity index (χ3n) is 3.68. The molecule has 1 N–H and O–H groups in total. The van der Waals surface area contributed by atoms with Gasteiger partial charge in [-0.05, 0) is 50.7 Å². The summed E-state index contributed by atoms with van der Waals surface area (Å²) < 4.78 is 5.76. The quantitative estimate of drug-likeness (QED) is 0.803. The fraction of sp³-hybridized carbons (Fsp3) is 0.667. The Bertz CT molecular complexity index is 397. The first-order valence-corrected chi connectivity index (χ1v) is 7.65. The molecule has 1 saturated carbocycles. The largest absolute Gasteiger partial charge is 0.487 e. The molecule has 0 spiro atoms. The van der Waals surface area contributed by atoms with Gasteiger partial charge in [0.05, 0.1) is 6.10 Å². The lowest BCUT2D eigenvalue weighted by Gasteiger charge is -2.19. The van der Waals surface area contributed by atoms with Gasteiger partial charge in [0.1, 0.15) is 0 Å². The van der Waals surface area contributed by atoms with Gasteiger partial charge in [-0.2, -0.15) is 0 Å². The van der Waals surface area contributed by atoms with Crippen molar-refractivity contribution in [3.8, 4) is 5.75 Å². The topological polar surface area (TPSA) is 34.1 Å². The van der Waals surface area contributed by atoms with Crippen molar-refractivity contribution in [3.63, 3.8) is 0 Å². The van der Waals surface area contributed by atoms with Crippen LogP contribution in [0.25, 0.3) is 0 Å². The van der Waals surface area contributed by atoms with E-state index in [0.717, 1.165) is 24.0 Å². The number of alkyl halides is 1. The number of anilines is 1. The molecule has 0 bridgehead atoms. The van der Waals surface area contributed by atoms with Gasteiger partial charge in [0.25, 0.3) is 0 Å². The lowest BCUT2D eigenvalue weighted by atomic mass is 9.98. The van der Waals surface area contributed by atoms with Crippen LogP contribution >= 0.6 is 11.6 Å². The Morgan fingerprint density at radius 1 is 1.42 bits per heavy atom. The van der Waals surface area contributed by atoms with Crippen LogP contribution in [0, 0.1) is 11.8 Å². The van der Waals surface area contributed by atoms with E-state index in [2.05, 4.69) is 10.3 Å². The molecule has 0 aliphatic heterocycles. The molecule has 1 aromatic rings. The summed E-state index contributed by atoms with van der Waals surface area (Å²) in [5.74, 6) is 3.75. The summed E-state index contributed by atoms with van der Waals surface area (Å²) in [4.78, 5) is 4.37. The van der Waals surface area contributed by atoms with Crippen LogP contribution in [0.15, 0.2) is 18.3 Å². The highest BCUT2D eigenvalue weighted by atomic mass is 35.5. The second-order valence-corrected chi connectivity index (χ2v) is 5.81. The van der Waals surface area contributed by atoms with E-state index in [0.29, 0.717) is 11.8 Å². The molecule has 3 nitrogen and oxygen atoms in total. The number of hydrogen-bond acceptors (Lipinski definition) is 3. The van der Waals surface area contributed by atoms with Gasteiger partial charge in [-0.1, -0.05) is 6.42 Å². The summed E-state index contributed by atoms with van der Waals surface area (Å²) in [6, 6.07) is 3.86. The number of hydrogen-bond donors (Lipinski definition) is 1. The summed E-state index contributed by atoms with van der Waals surface area (Å²) in [5.41, 5.74) is 0. The minimum Gasteiger partial charge on any atom is -0.487 e. The van der Waals surface area contributed by atoms with Gasteiger partial charge in [0, 0.05) is 18.6 Å². The molecule has 4 heteroatoms. The number of nitrogens with zero attached hydrogens (tertiary/aromatic N) is 1. The molecule has 19 heavy (non-hydrogen) atoms. The van der Waals surface area contributed by atoms with Crippen LogP contribution in [-0.2, 0) is 0 Å². The van der Waals surface area contributed by atoms with Crippen molar-refractivity contribution in [2.45, 2.75) is 39.2 Å². The molecular weight excluding hydrogens is 260 g/mol. The highest BCUT2D eigenvalue weighted by molar-refractivity contribution is 6.18. The molecule has 0 aromatic carbocycles. The fourth-order valence-corrected chi connectivity index (χ4v) is 3.09. The Hall–Kier alpha value is -0.960. The highest BCUT2D eigenvalue weighted by Gasteiger charge is 2.26. The zero-order valence-electron chi connectivity index (χ0n) is 11.7.